The molecular weight excluding hydrogens is 420 g/mol. The van der Waals surface area contributed by atoms with E-state index in [1.54, 1.807) is 0 Å². The van der Waals surface area contributed by atoms with Crippen molar-refractivity contribution in [2.24, 2.45) is 0 Å². The third-order valence-electron chi connectivity index (χ3n) is 7.47. The van der Waals surface area contributed by atoms with Crippen LogP contribution in [0.5, 0.6) is 0 Å². The highest BCUT2D eigenvalue weighted by molar-refractivity contribution is 6.19. The lowest BCUT2D eigenvalue weighted by molar-refractivity contribution is 0.0840. The summed E-state index contributed by atoms with van der Waals surface area (Å²) in [6.07, 6.45) is 11.8. The van der Waals surface area contributed by atoms with Gasteiger partial charge >= 0.3 is 0 Å². The lowest BCUT2D eigenvalue weighted by atomic mass is 9.80. The summed E-state index contributed by atoms with van der Waals surface area (Å²) in [6.45, 7) is 6.08. The molecule has 0 saturated carbocycles. The van der Waals surface area contributed by atoms with Gasteiger partial charge in [0.05, 0.1) is 0 Å². The summed E-state index contributed by atoms with van der Waals surface area (Å²) in [7, 11) is 0. The number of carbonyl (C=O) groups is 2. The molecule has 4 nitrogen and oxygen atoms in total. The van der Waals surface area contributed by atoms with E-state index in [-0.39, 0.29) is 11.6 Å². The summed E-state index contributed by atoms with van der Waals surface area (Å²) < 4.78 is 0. The molecule has 0 bridgehead atoms. The lowest BCUT2D eigenvalue weighted by Crippen LogP contribution is -2.65. The average molecular weight is 461 g/mol. The van der Waals surface area contributed by atoms with E-state index >= 15 is 0 Å². The molecule has 2 aromatic rings. The fourth-order valence-electron chi connectivity index (χ4n) is 5.68. The van der Waals surface area contributed by atoms with Crippen LogP contribution in [0.25, 0.3) is 0 Å². The van der Waals surface area contributed by atoms with Gasteiger partial charge in [0.15, 0.2) is 11.6 Å². The van der Waals surface area contributed by atoms with Crippen molar-refractivity contribution in [1.82, 2.24) is 0 Å². The van der Waals surface area contributed by atoms with Crippen molar-refractivity contribution >= 4 is 22.9 Å². The van der Waals surface area contributed by atoms with E-state index in [0.29, 0.717) is 0 Å². The molecule has 2 aromatic carbocycles. The summed E-state index contributed by atoms with van der Waals surface area (Å²) >= 11 is 0. The summed E-state index contributed by atoms with van der Waals surface area (Å²) in [5.74, 6) is 0.193. The second kappa shape index (κ2) is 11.7. The van der Waals surface area contributed by atoms with Gasteiger partial charge in [0.25, 0.3) is 0 Å². The number of carbonyl (C=O) groups excluding carboxylic acids is 2. The van der Waals surface area contributed by atoms with Crippen LogP contribution in [0.1, 0.15) is 98.8 Å². The molecular formula is C30H40N2O2. The van der Waals surface area contributed by atoms with Gasteiger partial charge in [0.2, 0.25) is 0 Å². The highest BCUT2D eigenvalue weighted by Crippen LogP contribution is 2.41. The first-order chi connectivity index (χ1) is 16.7. The zero-order valence-electron chi connectivity index (χ0n) is 21.0. The molecule has 0 fully saturated rings. The third-order valence-corrected chi connectivity index (χ3v) is 7.47. The number of anilines is 2. The molecule has 0 radical (unpaired) electrons. The Labute approximate surface area is 205 Å². The van der Waals surface area contributed by atoms with Crippen LogP contribution in [0.4, 0.5) is 11.4 Å². The van der Waals surface area contributed by atoms with E-state index in [2.05, 4.69) is 23.6 Å². The zero-order chi connectivity index (χ0) is 23.9. The largest absolute Gasteiger partial charge is 0.358 e. The van der Waals surface area contributed by atoms with Crippen molar-refractivity contribution < 1.29 is 9.59 Å². The zero-order valence-corrected chi connectivity index (χ0v) is 21.0. The van der Waals surface area contributed by atoms with Gasteiger partial charge in [0.1, 0.15) is 12.1 Å². The molecule has 4 rings (SSSR count). The number of hydrogen-bond acceptors (Lipinski definition) is 4. The molecule has 2 heterocycles. The van der Waals surface area contributed by atoms with E-state index < -0.39 is 12.1 Å². The number of hydrogen-bond donors (Lipinski definition) is 0. The maximum absolute atomic E-state index is 13.9. The second-order valence-corrected chi connectivity index (χ2v) is 9.87. The van der Waals surface area contributed by atoms with E-state index in [4.69, 9.17) is 0 Å². The molecule has 2 atom stereocenters. The van der Waals surface area contributed by atoms with Gasteiger partial charge in [-0.3, -0.25) is 9.59 Å². The fourth-order valence-corrected chi connectivity index (χ4v) is 5.68. The van der Waals surface area contributed by atoms with Crippen LogP contribution in [-0.4, -0.2) is 36.7 Å². The van der Waals surface area contributed by atoms with Crippen molar-refractivity contribution in [3.8, 4) is 0 Å². The summed E-state index contributed by atoms with van der Waals surface area (Å²) in [5, 5.41) is 0. The number of unbranched alkanes of at least 4 members (excludes halogenated alkanes) is 8. The van der Waals surface area contributed by atoms with Crippen LogP contribution in [0, 0.1) is 0 Å². The van der Waals surface area contributed by atoms with Crippen LogP contribution < -0.4 is 9.80 Å². The SMILES string of the molecule is CCCCCCCN1c2ccccc2C(=O)C2C1C(=O)c1ccccc1N2CCCCCCC. The lowest BCUT2D eigenvalue weighted by Gasteiger charge is -2.50. The Morgan fingerprint density at radius 2 is 0.941 bits per heavy atom. The van der Waals surface area contributed by atoms with Gasteiger partial charge < -0.3 is 9.80 Å². The molecule has 0 aliphatic carbocycles. The van der Waals surface area contributed by atoms with Crippen molar-refractivity contribution in [3.05, 3.63) is 59.7 Å². The molecule has 2 unspecified atom stereocenters. The van der Waals surface area contributed by atoms with E-state index in [1.165, 1.54) is 38.5 Å². The molecule has 182 valence electrons. The average Bonchev–Trinajstić information content (AvgIpc) is 2.87. The molecule has 2 aliphatic heterocycles. The van der Waals surface area contributed by atoms with Crippen LogP contribution in [0.15, 0.2) is 48.5 Å². The normalized spacial score (nSPS) is 19.1. The maximum atomic E-state index is 13.9. The van der Waals surface area contributed by atoms with Gasteiger partial charge in [-0.05, 0) is 37.1 Å². The maximum Gasteiger partial charge on any atom is 0.189 e. The van der Waals surface area contributed by atoms with Crippen LogP contribution in [0.2, 0.25) is 0 Å². The van der Waals surface area contributed by atoms with Gasteiger partial charge in [-0.25, -0.2) is 0 Å². The monoisotopic (exact) mass is 460 g/mol. The van der Waals surface area contributed by atoms with E-state index in [1.807, 2.05) is 48.5 Å². The quantitative estimate of drug-likeness (QED) is 0.318. The minimum Gasteiger partial charge on any atom is -0.358 e. The number of benzene rings is 2. The molecule has 4 heteroatoms. The van der Waals surface area contributed by atoms with E-state index in [0.717, 1.165) is 61.3 Å². The summed E-state index contributed by atoms with van der Waals surface area (Å²) in [6, 6.07) is 14.9. The molecule has 0 N–H and O–H groups in total. The van der Waals surface area contributed by atoms with Crippen molar-refractivity contribution in [1.29, 1.82) is 0 Å². The molecule has 2 aliphatic rings. The number of fused-ring (bicyclic) bond motifs is 3. The first-order valence-electron chi connectivity index (χ1n) is 13.5. The Morgan fingerprint density at radius 1 is 0.559 bits per heavy atom. The Kier molecular flexibility index (Phi) is 8.42. The molecule has 0 spiro atoms. The van der Waals surface area contributed by atoms with E-state index in [9.17, 15) is 9.59 Å². The molecule has 0 saturated heterocycles. The van der Waals surface area contributed by atoms with Gasteiger partial charge in [0, 0.05) is 35.6 Å². The number of Topliss-reactive ketones (excluding diaryl/α,β-unsaturated/α-hetero) is 2. The first-order valence-corrected chi connectivity index (χ1v) is 13.5. The Hall–Kier alpha value is -2.62. The number of nitrogens with zero attached hydrogens (tertiary/aromatic N) is 2. The highest BCUT2D eigenvalue weighted by atomic mass is 16.1. The molecule has 0 amide bonds. The third kappa shape index (κ3) is 4.92. The number of rotatable bonds is 12. The van der Waals surface area contributed by atoms with Gasteiger partial charge in [-0.1, -0.05) is 89.5 Å². The Balaban J connectivity index is 1.67. The minimum absolute atomic E-state index is 0.0965. The second-order valence-electron chi connectivity index (χ2n) is 9.87. The van der Waals surface area contributed by atoms with Crippen molar-refractivity contribution in [3.63, 3.8) is 0 Å². The van der Waals surface area contributed by atoms with Crippen molar-refractivity contribution in [2.45, 2.75) is 90.1 Å². The summed E-state index contributed by atoms with van der Waals surface area (Å²) in [5.41, 5.74) is 3.39. The fraction of sp³-hybridized carbons (Fsp3) is 0.533. The predicted molar refractivity (Wildman–Crippen MR) is 141 cm³/mol. The van der Waals surface area contributed by atoms with Gasteiger partial charge in [-0.15, -0.1) is 0 Å². The summed E-state index contributed by atoms with van der Waals surface area (Å²) in [4.78, 5) is 32.3. The van der Waals surface area contributed by atoms with Crippen LogP contribution >= 0.6 is 0 Å². The Bertz CT molecular complexity index is 906. The topological polar surface area (TPSA) is 40.6 Å². The first kappa shape index (κ1) is 24.5. The highest BCUT2D eigenvalue weighted by Gasteiger charge is 2.50. The van der Waals surface area contributed by atoms with Crippen LogP contribution in [0.3, 0.4) is 0 Å². The molecule has 0 aromatic heterocycles. The van der Waals surface area contributed by atoms with Crippen LogP contribution in [-0.2, 0) is 0 Å². The standard InChI is InChI=1S/C30H40N2O2/c1-3-5-7-9-15-21-31-25-19-13-11-17-23(25)30(34)28-27(31)29(33)24-18-12-14-20-26(24)32(28)22-16-10-8-6-4-2/h11-14,17-20,27-28H,3-10,15-16,21-22H2,1-2H3. The predicted octanol–water partition coefficient (Wildman–Crippen LogP) is 7.07. The van der Waals surface area contributed by atoms with Crippen molar-refractivity contribution in [2.75, 3.05) is 22.9 Å². The smallest absolute Gasteiger partial charge is 0.189 e. The molecule has 34 heavy (non-hydrogen) atoms. The number of ketones is 2. The Morgan fingerprint density at radius 3 is 1.35 bits per heavy atom. The minimum atomic E-state index is -0.445. The van der Waals surface area contributed by atoms with Gasteiger partial charge in [-0.2, -0.15) is 0 Å². The number of para-hydroxylation sites is 2.